The number of rotatable bonds is 6. The van der Waals surface area contributed by atoms with Gasteiger partial charge in [-0.2, -0.15) is 0 Å². The van der Waals surface area contributed by atoms with E-state index in [1.54, 1.807) is 7.11 Å². The smallest absolute Gasteiger partial charge is 0.127 e. The lowest BCUT2D eigenvalue weighted by Crippen LogP contribution is -2.34. The third kappa shape index (κ3) is 4.14. The van der Waals surface area contributed by atoms with Gasteiger partial charge >= 0.3 is 0 Å². The van der Waals surface area contributed by atoms with Crippen LogP contribution in [-0.2, 0) is 11.3 Å². The molecular weight excluding hydrogens is 278 g/mol. The number of nitrogens with one attached hydrogen (secondary N) is 1. The zero-order valence-electron chi connectivity index (χ0n) is 13.5. The topological polar surface area (TPSA) is 39.7 Å². The normalized spacial score (nSPS) is 20.2. The maximum absolute atomic E-state index is 6.24. The molecule has 4 nitrogen and oxygen atoms in total. The Morgan fingerprint density at radius 1 is 1.14 bits per heavy atom. The van der Waals surface area contributed by atoms with E-state index < -0.39 is 0 Å². The largest absolute Gasteiger partial charge is 0.497 e. The van der Waals surface area contributed by atoms with Gasteiger partial charge in [0.05, 0.1) is 13.2 Å². The molecule has 1 aromatic rings. The Balaban J connectivity index is 1.65. The number of ether oxygens (including phenoxy) is 3. The van der Waals surface area contributed by atoms with Crippen molar-refractivity contribution < 1.29 is 14.2 Å². The molecule has 122 valence electrons. The molecule has 1 aromatic carbocycles. The predicted molar refractivity (Wildman–Crippen MR) is 86.6 cm³/mol. The summed E-state index contributed by atoms with van der Waals surface area (Å²) in [7, 11) is 1.70. The number of methoxy groups -OCH3 is 1. The third-order valence-corrected chi connectivity index (χ3v) is 4.67. The number of hydrogen-bond donors (Lipinski definition) is 1. The molecule has 1 saturated carbocycles. The summed E-state index contributed by atoms with van der Waals surface area (Å²) in [6, 6.07) is 6.72. The standard InChI is InChI=1S/C18H27NO3/c1-20-17-7-6-14(13-19-15-8-10-21-11-9-15)18(12-17)22-16-4-2-3-5-16/h6-7,12,15-16,19H,2-5,8-11,13H2,1H3. The van der Waals surface area contributed by atoms with Gasteiger partial charge in [-0.3, -0.25) is 0 Å². The van der Waals surface area contributed by atoms with Gasteiger partial charge in [-0.1, -0.05) is 6.07 Å². The molecule has 0 aromatic heterocycles. The lowest BCUT2D eigenvalue weighted by molar-refractivity contribution is 0.0775. The van der Waals surface area contributed by atoms with Crippen LogP contribution in [0.4, 0.5) is 0 Å². The fraction of sp³-hybridized carbons (Fsp3) is 0.667. The van der Waals surface area contributed by atoms with Crippen molar-refractivity contribution in [1.29, 1.82) is 0 Å². The molecular formula is C18H27NO3. The maximum atomic E-state index is 6.24. The van der Waals surface area contributed by atoms with Gasteiger partial charge < -0.3 is 19.5 Å². The van der Waals surface area contributed by atoms with E-state index in [4.69, 9.17) is 14.2 Å². The summed E-state index contributed by atoms with van der Waals surface area (Å²) >= 11 is 0. The summed E-state index contributed by atoms with van der Waals surface area (Å²) in [6.07, 6.45) is 7.46. The van der Waals surface area contributed by atoms with E-state index in [2.05, 4.69) is 11.4 Å². The minimum atomic E-state index is 0.369. The molecule has 0 spiro atoms. The zero-order chi connectivity index (χ0) is 15.2. The first-order valence-electron chi connectivity index (χ1n) is 8.50. The molecule has 1 aliphatic carbocycles. The predicted octanol–water partition coefficient (Wildman–Crippen LogP) is 3.29. The Kier molecular flexibility index (Phi) is 5.57. The molecule has 2 fully saturated rings. The molecule has 0 unspecified atom stereocenters. The minimum absolute atomic E-state index is 0.369. The Hall–Kier alpha value is -1.26. The second kappa shape index (κ2) is 7.84. The molecule has 4 heteroatoms. The lowest BCUT2D eigenvalue weighted by Gasteiger charge is -2.24. The molecule has 22 heavy (non-hydrogen) atoms. The highest BCUT2D eigenvalue weighted by Gasteiger charge is 2.19. The van der Waals surface area contributed by atoms with Crippen LogP contribution in [0.25, 0.3) is 0 Å². The second-order valence-corrected chi connectivity index (χ2v) is 6.27. The zero-order valence-corrected chi connectivity index (χ0v) is 13.5. The van der Waals surface area contributed by atoms with Crippen molar-refractivity contribution >= 4 is 0 Å². The molecule has 1 N–H and O–H groups in total. The highest BCUT2D eigenvalue weighted by molar-refractivity contribution is 5.41. The Morgan fingerprint density at radius 2 is 1.91 bits per heavy atom. The summed E-state index contributed by atoms with van der Waals surface area (Å²) in [6.45, 7) is 2.58. The Morgan fingerprint density at radius 3 is 2.64 bits per heavy atom. The lowest BCUT2D eigenvalue weighted by atomic mass is 10.1. The monoisotopic (exact) mass is 305 g/mol. The molecule has 0 amide bonds. The Labute approximate surface area is 133 Å². The molecule has 1 saturated heterocycles. The van der Waals surface area contributed by atoms with Crippen molar-refractivity contribution in [3.8, 4) is 11.5 Å². The first-order valence-corrected chi connectivity index (χ1v) is 8.50. The van der Waals surface area contributed by atoms with Gasteiger partial charge in [0.2, 0.25) is 0 Å². The van der Waals surface area contributed by atoms with E-state index in [0.29, 0.717) is 12.1 Å². The van der Waals surface area contributed by atoms with Crippen LogP contribution < -0.4 is 14.8 Å². The van der Waals surface area contributed by atoms with Gasteiger partial charge in [0.25, 0.3) is 0 Å². The summed E-state index contributed by atoms with van der Waals surface area (Å²) in [5.74, 6) is 1.84. The summed E-state index contributed by atoms with van der Waals surface area (Å²) < 4.78 is 17.0. The highest BCUT2D eigenvalue weighted by atomic mass is 16.5. The van der Waals surface area contributed by atoms with Gasteiger partial charge in [0, 0.05) is 37.4 Å². The average molecular weight is 305 g/mol. The van der Waals surface area contributed by atoms with E-state index in [1.807, 2.05) is 12.1 Å². The second-order valence-electron chi connectivity index (χ2n) is 6.27. The van der Waals surface area contributed by atoms with Crippen molar-refractivity contribution in [2.45, 2.75) is 57.2 Å². The third-order valence-electron chi connectivity index (χ3n) is 4.67. The van der Waals surface area contributed by atoms with Crippen molar-refractivity contribution in [2.75, 3.05) is 20.3 Å². The van der Waals surface area contributed by atoms with Crippen LogP contribution in [0.3, 0.4) is 0 Å². The van der Waals surface area contributed by atoms with Gasteiger partial charge in [0.1, 0.15) is 11.5 Å². The van der Waals surface area contributed by atoms with Crippen LogP contribution in [-0.4, -0.2) is 32.5 Å². The van der Waals surface area contributed by atoms with E-state index in [1.165, 1.54) is 31.2 Å². The molecule has 3 rings (SSSR count). The van der Waals surface area contributed by atoms with E-state index in [-0.39, 0.29) is 0 Å². The molecule has 0 atom stereocenters. The van der Waals surface area contributed by atoms with Gasteiger partial charge in [-0.15, -0.1) is 0 Å². The minimum Gasteiger partial charge on any atom is -0.497 e. The van der Waals surface area contributed by atoms with Crippen LogP contribution in [0.5, 0.6) is 11.5 Å². The first-order chi connectivity index (χ1) is 10.8. The first kappa shape index (κ1) is 15.6. The van der Waals surface area contributed by atoms with Crippen molar-refractivity contribution in [3.05, 3.63) is 23.8 Å². The number of hydrogen-bond acceptors (Lipinski definition) is 4. The summed E-state index contributed by atoms with van der Waals surface area (Å²) in [4.78, 5) is 0. The quantitative estimate of drug-likeness (QED) is 0.875. The fourth-order valence-electron chi connectivity index (χ4n) is 3.26. The van der Waals surface area contributed by atoms with E-state index in [0.717, 1.165) is 44.1 Å². The van der Waals surface area contributed by atoms with Gasteiger partial charge in [-0.05, 0) is 44.6 Å². The highest BCUT2D eigenvalue weighted by Crippen LogP contribution is 2.30. The van der Waals surface area contributed by atoms with Gasteiger partial charge in [0.15, 0.2) is 0 Å². The van der Waals surface area contributed by atoms with Crippen LogP contribution in [0.2, 0.25) is 0 Å². The average Bonchev–Trinajstić information content (AvgIpc) is 3.07. The maximum Gasteiger partial charge on any atom is 0.127 e. The van der Waals surface area contributed by atoms with Crippen molar-refractivity contribution in [1.82, 2.24) is 5.32 Å². The van der Waals surface area contributed by atoms with Crippen LogP contribution >= 0.6 is 0 Å². The molecule has 0 bridgehead atoms. The van der Waals surface area contributed by atoms with Crippen LogP contribution in [0, 0.1) is 0 Å². The summed E-state index contributed by atoms with van der Waals surface area (Å²) in [5, 5.41) is 3.64. The van der Waals surface area contributed by atoms with Crippen LogP contribution in [0.1, 0.15) is 44.1 Å². The summed E-state index contributed by atoms with van der Waals surface area (Å²) in [5.41, 5.74) is 1.22. The van der Waals surface area contributed by atoms with Crippen LogP contribution in [0.15, 0.2) is 18.2 Å². The van der Waals surface area contributed by atoms with E-state index >= 15 is 0 Å². The SMILES string of the molecule is COc1ccc(CNC2CCOCC2)c(OC2CCCC2)c1. The number of benzene rings is 1. The molecule has 1 heterocycles. The molecule has 0 radical (unpaired) electrons. The van der Waals surface area contributed by atoms with Gasteiger partial charge in [-0.25, -0.2) is 0 Å². The fourth-order valence-corrected chi connectivity index (χ4v) is 3.26. The molecule has 2 aliphatic rings. The molecule has 1 aliphatic heterocycles. The van der Waals surface area contributed by atoms with Crippen molar-refractivity contribution in [2.24, 2.45) is 0 Å². The van der Waals surface area contributed by atoms with E-state index in [9.17, 15) is 0 Å². The van der Waals surface area contributed by atoms with Crippen molar-refractivity contribution in [3.63, 3.8) is 0 Å². The Bertz CT molecular complexity index is 465.